The van der Waals surface area contributed by atoms with Gasteiger partial charge in [-0.3, -0.25) is 4.79 Å². The van der Waals surface area contributed by atoms with E-state index < -0.39 is 0 Å². The van der Waals surface area contributed by atoms with E-state index in [0.29, 0.717) is 13.2 Å². The first-order valence-corrected chi connectivity index (χ1v) is 3.46. The second-order valence-corrected chi connectivity index (χ2v) is 2.07. The molecular weight excluding hydrogens is 130 g/mol. The number of hydrogen-bond acceptors (Lipinski definition) is 2. The van der Waals surface area contributed by atoms with Crippen LogP contribution in [0.2, 0.25) is 0 Å². The number of rotatable bonds is 6. The van der Waals surface area contributed by atoms with E-state index >= 15 is 0 Å². The predicted molar refractivity (Wildman–Crippen MR) is 39.4 cm³/mol. The van der Waals surface area contributed by atoms with Gasteiger partial charge in [0.15, 0.2) is 0 Å². The summed E-state index contributed by atoms with van der Waals surface area (Å²) in [6.45, 7) is 4.03. The Labute approximate surface area is 62.0 Å². The first-order valence-electron chi connectivity index (χ1n) is 3.46. The Hall–Kier alpha value is -0.570. The van der Waals surface area contributed by atoms with E-state index in [0.717, 1.165) is 13.0 Å². The first kappa shape index (κ1) is 9.43. The zero-order valence-corrected chi connectivity index (χ0v) is 6.59. The number of ether oxygens (including phenoxy) is 1. The van der Waals surface area contributed by atoms with Crippen LogP contribution >= 0.6 is 0 Å². The molecule has 3 heteroatoms. The summed E-state index contributed by atoms with van der Waals surface area (Å²) in [5.41, 5.74) is 0. The fourth-order valence-electron chi connectivity index (χ4n) is 0.674. The average molecular weight is 144 g/mol. The SMILES string of the molecule is CCCN([C]=O)CCOC. The molecule has 0 rings (SSSR count). The van der Waals surface area contributed by atoms with E-state index in [1.165, 1.54) is 0 Å². The third-order valence-electron chi connectivity index (χ3n) is 1.19. The second kappa shape index (κ2) is 6.55. The Morgan fingerprint density at radius 2 is 2.20 bits per heavy atom. The Bertz CT molecular complexity index is 85.7. The molecule has 1 radical (unpaired) electrons. The van der Waals surface area contributed by atoms with Crippen molar-refractivity contribution in [3.8, 4) is 0 Å². The molecule has 0 saturated carbocycles. The standard InChI is InChI=1S/C7H14NO2/c1-3-4-8(7-9)5-6-10-2/h3-6H2,1-2H3. The van der Waals surface area contributed by atoms with E-state index in [9.17, 15) is 4.79 Å². The largest absolute Gasteiger partial charge is 0.383 e. The number of nitrogens with zero attached hydrogens (tertiary/aromatic N) is 1. The lowest BCUT2D eigenvalue weighted by molar-refractivity contribution is 0.174. The van der Waals surface area contributed by atoms with Gasteiger partial charge in [-0.05, 0) is 6.42 Å². The average Bonchev–Trinajstić information content (AvgIpc) is 1.98. The Morgan fingerprint density at radius 3 is 2.60 bits per heavy atom. The van der Waals surface area contributed by atoms with Crippen molar-refractivity contribution < 1.29 is 9.53 Å². The van der Waals surface area contributed by atoms with Crippen molar-refractivity contribution in [1.82, 2.24) is 4.90 Å². The van der Waals surface area contributed by atoms with Gasteiger partial charge in [0.05, 0.1) is 6.61 Å². The van der Waals surface area contributed by atoms with E-state index in [2.05, 4.69) is 0 Å². The summed E-state index contributed by atoms with van der Waals surface area (Å²) in [7, 11) is 1.62. The fraction of sp³-hybridized carbons (Fsp3) is 0.857. The lowest BCUT2D eigenvalue weighted by atomic mass is 10.4. The maximum atomic E-state index is 10.1. The van der Waals surface area contributed by atoms with Crippen LogP contribution in [0, 0.1) is 0 Å². The van der Waals surface area contributed by atoms with Crippen LogP contribution in [0.25, 0.3) is 0 Å². The highest BCUT2D eigenvalue weighted by Gasteiger charge is 1.98. The van der Waals surface area contributed by atoms with Gasteiger partial charge in [-0.1, -0.05) is 6.92 Å². The minimum atomic E-state index is 0.592. The highest BCUT2D eigenvalue weighted by molar-refractivity contribution is 5.47. The van der Waals surface area contributed by atoms with Gasteiger partial charge in [0.2, 0.25) is 0 Å². The van der Waals surface area contributed by atoms with Crippen molar-refractivity contribution in [3.05, 3.63) is 0 Å². The molecule has 3 nitrogen and oxygen atoms in total. The molecular formula is C7H14NO2. The number of carbonyl (C=O) groups excluding carboxylic acids is 1. The molecule has 0 unspecified atom stereocenters. The van der Waals surface area contributed by atoms with Gasteiger partial charge in [-0.15, -0.1) is 0 Å². The molecule has 0 spiro atoms. The van der Waals surface area contributed by atoms with Crippen LogP contribution in [-0.4, -0.2) is 38.1 Å². The maximum Gasteiger partial charge on any atom is 0.312 e. The van der Waals surface area contributed by atoms with Crippen LogP contribution in [-0.2, 0) is 9.53 Å². The van der Waals surface area contributed by atoms with Crippen molar-refractivity contribution in [1.29, 1.82) is 0 Å². The van der Waals surface area contributed by atoms with Crippen molar-refractivity contribution in [3.63, 3.8) is 0 Å². The molecule has 0 aromatic rings. The molecule has 0 aliphatic rings. The molecule has 1 amide bonds. The molecule has 0 N–H and O–H groups in total. The highest BCUT2D eigenvalue weighted by Crippen LogP contribution is 1.85. The summed E-state index contributed by atoms with van der Waals surface area (Å²) in [6.07, 6.45) is 2.81. The monoisotopic (exact) mass is 144 g/mol. The summed E-state index contributed by atoms with van der Waals surface area (Å²) >= 11 is 0. The Morgan fingerprint density at radius 1 is 1.50 bits per heavy atom. The normalized spacial score (nSPS) is 9.40. The number of methoxy groups -OCH3 is 1. The first-order chi connectivity index (χ1) is 4.85. The van der Waals surface area contributed by atoms with Crippen LogP contribution in [0.4, 0.5) is 0 Å². The topological polar surface area (TPSA) is 29.5 Å². The molecule has 0 aliphatic carbocycles. The van der Waals surface area contributed by atoms with Crippen molar-refractivity contribution in [2.24, 2.45) is 0 Å². The zero-order valence-electron chi connectivity index (χ0n) is 6.59. The molecule has 0 aliphatic heterocycles. The van der Waals surface area contributed by atoms with Crippen LogP contribution in [0.5, 0.6) is 0 Å². The lowest BCUT2D eigenvalue weighted by Gasteiger charge is -2.13. The molecule has 0 aromatic carbocycles. The molecule has 0 fully saturated rings. The van der Waals surface area contributed by atoms with E-state index in [-0.39, 0.29) is 0 Å². The highest BCUT2D eigenvalue weighted by atomic mass is 16.5. The summed E-state index contributed by atoms with van der Waals surface area (Å²) in [5.74, 6) is 0. The molecule has 0 bridgehead atoms. The van der Waals surface area contributed by atoms with Crippen LogP contribution in [0.3, 0.4) is 0 Å². The van der Waals surface area contributed by atoms with Gasteiger partial charge in [0.25, 0.3) is 0 Å². The van der Waals surface area contributed by atoms with Crippen LogP contribution in [0.15, 0.2) is 0 Å². The van der Waals surface area contributed by atoms with Gasteiger partial charge in [0.1, 0.15) is 0 Å². The predicted octanol–water partition coefficient (Wildman–Crippen LogP) is 0.412. The molecule has 59 valence electrons. The quantitative estimate of drug-likeness (QED) is 0.505. The third kappa shape index (κ3) is 4.32. The minimum Gasteiger partial charge on any atom is -0.383 e. The van der Waals surface area contributed by atoms with Crippen molar-refractivity contribution in [2.45, 2.75) is 13.3 Å². The van der Waals surface area contributed by atoms with E-state index in [1.807, 2.05) is 13.3 Å². The van der Waals surface area contributed by atoms with Crippen molar-refractivity contribution >= 4 is 6.41 Å². The maximum absolute atomic E-state index is 10.1. The Kier molecular flexibility index (Phi) is 6.18. The zero-order chi connectivity index (χ0) is 7.82. The van der Waals surface area contributed by atoms with Gasteiger partial charge in [-0.2, -0.15) is 0 Å². The van der Waals surface area contributed by atoms with E-state index in [4.69, 9.17) is 4.74 Å². The van der Waals surface area contributed by atoms with E-state index in [1.54, 1.807) is 12.0 Å². The summed E-state index contributed by atoms with van der Waals surface area (Å²) in [4.78, 5) is 11.7. The van der Waals surface area contributed by atoms with Crippen molar-refractivity contribution in [2.75, 3.05) is 26.8 Å². The molecule has 0 aromatic heterocycles. The molecule has 0 heterocycles. The third-order valence-corrected chi connectivity index (χ3v) is 1.19. The summed E-state index contributed by atoms with van der Waals surface area (Å²) < 4.78 is 4.80. The fourth-order valence-corrected chi connectivity index (χ4v) is 0.674. The molecule has 10 heavy (non-hydrogen) atoms. The van der Waals surface area contributed by atoms with Gasteiger partial charge >= 0.3 is 6.41 Å². The van der Waals surface area contributed by atoms with Gasteiger partial charge in [0, 0.05) is 20.2 Å². The number of amides is 1. The summed E-state index contributed by atoms with van der Waals surface area (Å²) in [6, 6.07) is 0. The Balaban J connectivity index is 3.29. The lowest BCUT2D eigenvalue weighted by Crippen LogP contribution is -2.26. The second-order valence-electron chi connectivity index (χ2n) is 2.07. The van der Waals surface area contributed by atoms with Gasteiger partial charge < -0.3 is 9.64 Å². The van der Waals surface area contributed by atoms with Gasteiger partial charge in [-0.25, -0.2) is 0 Å². The number of hydrogen-bond donors (Lipinski definition) is 0. The smallest absolute Gasteiger partial charge is 0.312 e. The minimum absolute atomic E-state index is 0.592. The van der Waals surface area contributed by atoms with Crippen LogP contribution < -0.4 is 0 Å². The molecule has 0 atom stereocenters. The molecule has 0 saturated heterocycles. The summed E-state index contributed by atoms with van der Waals surface area (Å²) in [5, 5.41) is 0. The van der Waals surface area contributed by atoms with Crippen LogP contribution in [0.1, 0.15) is 13.3 Å².